The van der Waals surface area contributed by atoms with E-state index in [4.69, 9.17) is 14.2 Å². The van der Waals surface area contributed by atoms with Crippen LogP contribution in [0, 0.1) is 0 Å². The van der Waals surface area contributed by atoms with Gasteiger partial charge in [0, 0.05) is 0 Å². The van der Waals surface area contributed by atoms with E-state index >= 15 is 0 Å². The Bertz CT molecular complexity index is 1350. The van der Waals surface area contributed by atoms with E-state index in [1.165, 1.54) is 10.6 Å². The summed E-state index contributed by atoms with van der Waals surface area (Å²) in [5, 5.41) is 3.51. The Hall–Kier alpha value is -3.18. The van der Waals surface area contributed by atoms with E-state index in [0.29, 0.717) is 11.5 Å². The summed E-state index contributed by atoms with van der Waals surface area (Å²) < 4.78 is 33.6. The maximum atomic E-state index is 13.6. The quantitative estimate of drug-likeness (QED) is 0.256. The molecule has 0 aromatic heterocycles. The molecule has 0 spiro atoms. The second kappa shape index (κ2) is 12.8. The van der Waals surface area contributed by atoms with Crippen molar-refractivity contribution in [3.63, 3.8) is 0 Å². The molecule has 5 nitrogen and oxygen atoms in total. The van der Waals surface area contributed by atoms with E-state index < -0.39 is 23.7 Å². The van der Waals surface area contributed by atoms with Gasteiger partial charge in [0.05, 0.1) is 43.1 Å². The van der Waals surface area contributed by atoms with Gasteiger partial charge in [-0.25, -0.2) is 8.93 Å². The molecule has 0 aliphatic rings. The zero-order chi connectivity index (χ0) is 28.0. The van der Waals surface area contributed by atoms with Gasteiger partial charge in [-0.05, 0) is 80.0 Å². The minimum atomic E-state index is -1.35. The van der Waals surface area contributed by atoms with Crippen LogP contribution < -0.4 is 34.8 Å². The molecule has 7 heteroatoms. The molecule has 39 heavy (non-hydrogen) atoms. The molecule has 0 aliphatic carbocycles. The fourth-order valence-corrected chi connectivity index (χ4v) is 7.61. The molecule has 4 aromatic rings. The summed E-state index contributed by atoms with van der Waals surface area (Å²) >= 11 is 0. The van der Waals surface area contributed by atoms with E-state index in [1.54, 1.807) is 21.3 Å². The molecule has 204 valence electrons. The van der Waals surface area contributed by atoms with Crippen molar-refractivity contribution >= 4 is 34.8 Å². The minimum absolute atomic E-state index is 0.386. The van der Waals surface area contributed by atoms with E-state index in [0.717, 1.165) is 22.2 Å². The van der Waals surface area contributed by atoms with Gasteiger partial charge < -0.3 is 14.2 Å². The first-order valence-electron chi connectivity index (χ1n) is 12.7. The lowest BCUT2D eigenvalue weighted by atomic mass is 9.99. The molecule has 4 rings (SSSR count). The summed E-state index contributed by atoms with van der Waals surface area (Å²) in [5.74, 6) is 2.04. The molecule has 2 atom stereocenters. The highest BCUT2D eigenvalue weighted by atomic mass is 32.2. The van der Waals surface area contributed by atoms with Gasteiger partial charge in [-0.1, -0.05) is 72.8 Å². The van der Waals surface area contributed by atoms with Crippen molar-refractivity contribution in [1.82, 2.24) is 4.72 Å². The minimum Gasteiger partial charge on any atom is -0.497 e. The standard InChI is InChI=1S/C32H36NO4PS/c1-32(2,3)39(34)33-31(23-17-19-24(35-4)20-18-23)27-21-28(36-5)29(37-6)22-30(27)38(25-13-9-7-10-14-25)26-15-11-8-12-16-26/h7-22,31,33H,1-6H3/t31?,39-/m1/s1. The van der Waals surface area contributed by atoms with Crippen molar-refractivity contribution in [2.45, 2.75) is 31.6 Å². The molecule has 0 saturated carbocycles. The van der Waals surface area contributed by atoms with E-state index in [-0.39, 0.29) is 6.04 Å². The highest BCUT2D eigenvalue weighted by Gasteiger charge is 2.30. The van der Waals surface area contributed by atoms with Crippen molar-refractivity contribution in [3.8, 4) is 17.2 Å². The molecule has 1 N–H and O–H groups in total. The van der Waals surface area contributed by atoms with Crippen LogP contribution in [0.4, 0.5) is 0 Å². The average molecular weight is 562 g/mol. The molecule has 0 aliphatic heterocycles. The van der Waals surface area contributed by atoms with Crippen LogP contribution in [0.15, 0.2) is 97.1 Å². The summed E-state index contributed by atoms with van der Waals surface area (Å²) in [6.45, 7) is 5.91. The lowest BCUT2D eigenvalue weighted by molar-refractivity contribution is 0.354. The third-order valence-corrected chi connectivity index (χ3v) is 10.4. The monoisotopic (exact) mass is 561 g/mol. The van der Waals surface area contributed by atoms with Crippen molar-refractivity contribution in [1.29, 1.82) is 0 Å². The maximum Gasteiger partial charge on any atom is 0.161 e. The van der Waals surface area contributed by atoms with E-state index in [1.807, 2.05) is 63.2 Å². The normalized spacial score (nSPS) is 13.1. The van der Waals surface area contributed by atoms with Crippen LogP contribution in [0.2, 0.25) is 0 Å². The summed E-state index contributed by atoms with van der Waals surface area (Å²) in [6, 6.07) is 32.6. The summed E-state index contributed by atoms with van der Waals surface area (Å²) in [7, 11) is 2.61. The van der Waals surface area contributed by atoms with Crippen molar-refractivity contribution in [2.24, 2.45) is 0 Å². The average Bonchev–Trinajstić information content (AvgIpc) is 2.96. The van der Waals surface area contributed by atoms with Crippen LogP contribution in [0.3, 0.4) is 0 Å². The first kappa shape index (κ1) is 28.8. The SMILES string of the molecule is COc1ccc(C(N[S@](=O)C(C)(C)C)c2cc(OC)c(OC)cc2P(c2ccccc2)c2ccccc2)cc1. The van der Waals surface area contributed by atoms with E-state index in [9.17, 15) is 4.21 Å². The van der Waals surface area contributed by atoms with Gasteiger partial charge in [0.15, 0.2) is 11.5 Å². The van der Waals surface area contributed by atoms with Gasteiger partial charge in [-0.2, -0.15) is 0 Å². The van der Waals surface area contributed by atoms with Gasteiger partial charge in [0.25, 0.3) is 0 Å². The highest BCUT2D eigenvalue weighted by Crippen LogP contribution is 2.41. The number of methoxy groups -OCH3 is 3. The van der Waals surface area contributed by atoms with Crippen molar-refractivity contribution in [3.05, 3.63) is 108 Å². The van der Waals surface area contributed by atoms with Crippen LogP contribution in [-0.2, 0) is 11.0 Å². The number of ether oxygens (including phenoxy) is 3. The van der Waals surface area contributed by atoms with Crippen LogP contribution in [-0.4, -0.2) is 30.3 Å². The number of hydrogen-bond donors (Lipinski definition) is 1. The highest BCUT2D eigenvalue weighted by molar-refractivity contribution is 7.84. The summed E-state index contributed by atoms with van der Waals surface area (Å²) in [6.07, 6.45) is 0. The zero-order valence-electron chi connectivity index (χ0n) is 23.3. The predicted octanol–water partition coefficient (Wildman–Crippen LogP) is 5.61. The maximum absolute atomic E-state index is 13.6. The topological polar surface area (TPSA) is 56.8 Å². The largest absolute Gasteiger partial charge is 0.497 e. The molecule has 0 heterocycles. The number of rotatable bonds is 10. The Kier molecular flexibility index (Phi) is 9.45. The fraction of sp³-hybridized carbons (Fsp3) is 0.250. The van der Waals surface area contributed by atoms with Gasteiger partial charge in [-0.3, -0.25) is 0 Å². The zero-order valence-corrected chi connectivity index (χ0v) is 25.0. The Morgan fingerprint density at radius 1 is 0.718 bits per heavy atom. The molecule has 0 saturated heterocycles. The third-order valence-electron chi connectivity index (χ3n) is 6.34. The van der Waals surface area contributed by atoms with Crippen LogP contribution in [0.25, 0.3) is 0 Å². The van der Waals surface area contributed by atoms with Gasteiger partial charge in [-0.15, -0.1) is 0 Å². The lowest BCUT2D eigenvalue weighted by Gasteiger charge is -2.30. The number of benzene rings is 4. The number of hydrogen-bond acceptors (Lipinski definition) is 4. The van der Waals surface area contributed by atoms with Gasteiger partial charge in [0.1, 0.15) is 5.75 Å². The second-order valence-corrected chi connectivity index (χ2v) is 14.2. The van der Waals surface area contributed by atoms with Crippen LogP contribution in [0.1, 0.15) is 37.9 Å². The van der Waals surface area contributed by atoms with Gasteiger partial charge >= 0.3 is 0 Å². The molecule has 0 amide bonds. The molecule has 0 bridgehead atoms. The second-order valence-electron chi connectivity index (χ2n) is 9.98. The Labute approximate surface area is 235 Å². The first-order valence-corrected chi connectivity index (χ1v) is 15.2. The van der Waals surface area contributed by atoms with Crippen molar-refractivity contribution < 1.29 is 18.4 Å². The fourth-order valence-electron chi connectivity index (χ4n) is 4.28. The molecule has 4 aromatic carbocycles. The van der Waals surface area contributed by atoms with Crippen LogP contribution >= 0.6 is 7.92 Å². The lowest BCUT2D eigenvalue weighted by Crippen LogP contribution is -2.38. The summed E-state index contributed by atoms with van der Waals surface area (Å²) in [4.78, 5) is 0. The van der Waals surface area contributed by atoms with E-state index in [2.05, 4.69) is 59.3 Å². The van der Waals surface area contributed by atoms with Crippen LogP contribution in [0.5, 0.6) is 17.2 Å². The molecule has 1 unspecified atom stereocenters. The molecular formula is C32H36NO4PS. The number of nitrogens with one attached hydrogen (secondary N) is 1. The van der Waals surface area contributed by atoms with Crippen molar-refractivity contribution in [2.75, 3.05) is 21.3 Å². The molecule has 0 radical (unpaired) electrons. The third kappa shape index (κ3) is 6.70. The Morgan fingerprint density at radius 2 is 1.23 bits per heavy atom. The smallest absolute Gasteiger partial charge is 0.161 e. The predicted molar refractivity (Wildman–Crippen MR) is 164 cm³/mol. The Balaban J connectivity index is 2.02. The first-order chi connectivity index (χ1) is 18.8. The summed E-state index contributed by atoms with van der Waals surface area (Å²) in [5.41, 5.74) is 1.95. The van der Waals surface area contributed by atoms with Gasteiger partial charge in [0.2, 0.25) is 0 Å². The Morgan fingerprint density at radius 3 is 1.69 bits per heavy atom. The molecular weight excluding hydrogens is 525 g/mol. The molecule has 0 fully saturated rings.